The van der Waals surface area contributed by atoms with Gasteiger partial charge in [-0.15, -0.1) is 0 Å². The van der Waals surface area contributed by atoms with Gasteiger partial charge in [-0.25, -0.2) is 8.78 Å². The SMILES string of the molecule is O=Cc1c(N2CCC(F)(F)CC2)cccc1[N+](=O)[O-]. The molecule has 0 atom stereocenters. The predicted molar refractivity (Wildman–Crippen MR) is 64.9 cm³/mol. The highest BCUT2D eigenvalue weighted by Crippen LogP contribution is 2.34. The van der Waals surface area contributed by atoms with Gasteiger partial charge in [-0.2, -0.15) is 0 Å². The zero-order valence-corrected chi connectivity index (χ0v) is 10.0. The van der Waals surface area contributed by atoms with E-state index < -0.39 is 10.8 Å². The number of carbonyl (C=O) groups is 1. The predicted octanol–water partition coefficient (Wildman–Crippen LogP) is 2.64. The number of nitro benzene ring substituents is 1. The number of anilines is 1. The first kappa shape index (κ1) is 13.4. The van der Waals surface area contributed by atoms with Crippen LogP contribution in [-0.4, -0.2) is 30.2 Å². The average molecular weight is 270 g/mol. The lowest BCUT2D eigenvalue weighted by molar-refractivity contribution is -0.385. The molecule has 0 saturated carbocycles. The van der Waals surface area contributed by atoms with Crippen LogP contribution in [0.5, 0.6) is 0 Å². The normalized spacial score (nSPS) is 18.1. The van der Waals surface area contributed by atoms with Gasteiger partial charge in [0.15, 0.2) is 6.29 Å². The van der Waals surface area contributed by atoms with Gasteiger partial charge >= 0.3 is 0 Å². The van der Waals surface area contributed by atoms with Crippen LogP contribution in [0.15, 0.2) is 18.2 Å². The molecule has 1 heterocycles. The monoisotopic (exact) mass is 270 g/mol. The maximum Gasteiger partial charge on any atom is 0.281 e. The van der Waals surface area contributed by atoms with Crippen molar-refractivity contribution >= 4 is 17.7 Å². The van der Waals surface area contributed by atoms with Crippen molar-refractivity contribution in [3.63, 3.8) is 0 Å². The lowest BCUT2D eigenvalue weighted by atomic mass is 10.0. The van der Waals surface area contributed by atoms with Crippen molar-refractivity contribution in [1.82, 2.24) is 0 Å². The summed E-state index contributed by atoms with van der Waals surface area (Å²) in [4.78, 5) is 22.8. The molecule has 1 aliphatic heterocycles. The Morgan fingerprint density at radius 2 is 1.95 bits per heavy atom. The molecule has 2 rings (SSSR count). The fraction of sp³-hybridized carbons (Fsp3) is 0.417. The summed E-state index contributed by atoms with van der Waals surface area (Å²) >= 11 is 0. The number of nitro groups is 1. The second-order valence-corrected chi connectivity index (χ2v) is 4.43. The Balaban J connectivity index is 2.33. The van der Waals surface area contributed by atoms with Gasteiger partial charge in [-0.3, -0.25) is 14.9 Å². The van der Waals surface area contributed by atoms with Gasteiger partial charge in [-0.1, -0.05) is 6.07 Å². The Bertz CT molecular complexity index is 510. The van der Waals surface area contributed by atoms with Crippen molar-refractivity contribution in [1.29, 1.82) is 0 Å². The van der Waals surface area contributed by atoms with Gasteiger partial charge in [0.05, 0.1) is 10.6 Å². The minimum absolute atomic E-state index is 0.0577. The van der Waals surface area contributed by atoms with Crippen LogP contribution in [-0.2, 0) is 0 Å². The van der Waals surface area contributed by atoms with Crippen LogP contribution in [0.4, 0.5) is 20.2 Å². The molecule has 5 nitrogen and oxygen atoms in total. The summed E-state index contributed by atoms with van der Waals surface area (Å²) in [5, 5.41) is 10.8. The van der Waals surface area contributed by atoms with Crippen LogP contribution >= 0.6 is 0 Å². The van der Waals surface area contributed by atoms with E-state index in [1.165, 1.54) is 12.1 Å². The van der Waals surface area contributed by atoms with Gasteiger partial charge < -0.3 is 4.90 Å². The summed E-state index contributed by atoms with van der Waals surface area (Å²) in [6.07, 6.45) is -0.220. The van der Waals surface area contributed by atoms with Gasteiger partial charge in [0.2, 0.25) is 0 Å². The van der Waals surface area contributed by atoms with Crippen molar-refractivity contribution in [2.45, 2.75) is 18.8 Å². The number of benzene rings is 1. The number of nitrogens with zero attached hydrogens (tertiary/aromatic N) is 2. The number of halogens is 2. The summed E-state index contributed by atoms with van der Waals surface area (Å²) in [7, 11) is 0. The van der Waals surface area contributed by atoms with E-state index >= 15 is 0 Å². The van der Waals surface area contributed by atoms with Crippen LogP contribution in [0, 0.1) is 10.1 Å². The maximum absolute atomic E-state index is 13.1. The molecule has 19 heavy (non-hydrogen) atoms. The van der Waals surface area contributed by atoms with Gasteiger partial charge in [0.25, 0.3) is 11.6 Å². The second kappa shape index (κ2) is 4.91. The molecule has 0 aromatic heterocycles. The summed E-state index contributed by atoms with van der Waals surface area (Å²) < 4.78 is 26.2. The topological polar surface area (TPSA) is 63.5 Å². The average Bonchev–Trinajstić information content (AvgIpc) is 2.37. The first-order valence-corrected chi connectivity index (χ1v) is 5.80. The van der Waals surface area contributed by atoms with E-state index in [9.17, 15) is 23.7 Å². The molecule has 0 radical (unpaired) electrons. The molecule has 1 aliphatic rings. The van der Waals surface area contributed by atoms with Crippen molar-refractivity contribution in [3.05, 3.63) is 33.9 Å². The summed E-state index contributed by atoms with van der Waals surface area (Å²) in [5.74, 6) is -2.70. The highest BCUT2D eigenvalue weighted by Gasteiger charge is 2.35. The number of piperidine rings is 1. The Morgan fingerprint density at radius 1 is 1.32 bits per heavy atom. The van der Waals surface area contributed by atoms with Crippen molar-refractivity contribution in [2.24, 2.45) is 0 Å². The fourth-order valence-electron chi connectivity index (χ4n) is 2.17. The Labute approximate surface area is 108 Å². The lowest BCUT2D eigenvalue weighted by Crippen LogP contribution is -2.39. The zero-order valence-electron chi connectivity index (χ0n) is 10.0. The standard InChI is InChI=1S/C12H12F2N2O3/c13-12(14)4-6-15(7-5-12)10-2-1-3-11(16(18)19)9(10)8-17/h1-3,8H,4-7H2. The third-order valence-electron chi connectivity index (χ3n) is 3.21. The first-order valence-electron chi connectivity index (χ1n) is 5.80. The molecule has 0 aliphatic carbocycles. The van der Waals surface area contributed by atoms with Crippen LogP contribution in [0.25, 0.3) is 0 Å². The Hall–Kier alpha value is -2.05. The van der Waals surface area contributed by atoms with Crippen molar-refractivity contribution in [3.8, 4) is 0 Å². The molecule has 0 bridgehead atoms. The van der Waals surface area contributed by atoms with E-state index in [-0.39, 0.29) is 37.2 Å². The molecule has 1 fully saturated rings. The van der Waals surface area contributed by atoms with E-state index in [2.05, 4.69) is 0 Å². The number of hydrogen-bond donors (Lipinski definition) is 0. The van der Waals surface area contributed by atoms with Crippen molar-refractivity contribution < 1.29 is 18.5 Å². The lowest BCUT2D eigenvalue weighted by Gasteiger charge is -2.33. The highest BCUT2D eigenvalue weighted by molar-refractivity contribution is 5.90. The molecule has 0 unspecified atom stereocenters. The van der Waals surface area contributed by atoms with E-state index in [1.807, 2.05) is 0 Å². The number of aldehydes is 1. The molecular weight excluding hydrogens is 258 g/mol. The van der Waals surface area contributed by atoms with Gasteiger partial charge in [0, 0.05) is 32.0 Å². The van der Waals surface area contributed by atoms with E-state index in [0.717, 1.165) is 0 Å². The molecule has 0 N–H and O–H groups in total. The van der Waals surface area contributed by atoms with Crippen LogP contribution in [0.2, 0.25) is 0 Å². The second-order valence-electron chi connectivity index (χ2n) is 4.43. The largest absolute Gasteiger partial charge is 0.370 e. The number of rotatable bonds is 3. The minimum atomic E-state index is -2.70. The summed E-state index contributed by atoms with van der Waals surface area (Å²) in [6.45, 7) is 0.157. The zero-order chi connectivity index (χ0) is 14.0. The summed E-state index contributed by atoms with van der Waals surface area (Å²) in [5.41, 5.74) is -0.0118. The van der Waals surface area contributed by atoms with Gasteiger partial charge in [-0.05, 0) is 6.07 Å². The van der Waals surface area contributed by atoms with E-state index in [1.54, 1.807) is 11.0 Å². The molecular formula is C12H12F2N2O3. The smallest absolute Gasteiger partial charge is 0.281 e. The molecule has 0 spiro atoms. The Kier molecular flexibility index (Phi) is 3.46. The third-order valence-corrected chi connectivity index (χ3v) is 3.21. The first-order chi connectivity index (χ1) is 8.94. The molecule has 1 saturated heterocycles. The molecule has 1 aromatic carbocycles. The number of carbonyl (C=O) groups excluding carboxylic acids is 1. The number of hydrogen-bond acceptors (Lipinski definition) is 4. The highest BCUT2D eigenvalue weighted by atomic mass is 19.3. The minimum Gasteiger partial charge on any atom is -0.370 e. The van der Waals surface area contributed by atoms with Crippen molar-refractivity contribution in [2.75, 3.05) is 18.0 Å². The molecule has 7 heteroatoms. The van der Waals surface area contributed by atoms with Gasteiger partial charge in [0.1, 0.15) is 5.56 Å². The Morgan fingerprint density at radius 3 is 2.47 bits per heavy atom. The van der Waals surface area contributed by atoms with E-state index in [0.29, 0.717) is 12.0 Å². The van der Waals surface area contributed by atoms with Crippen LogP contribution < -0.4 is 4.90 Å². The fourth-order valence-corrected chi connectivity index (χ4v) is 2.17. The maximum atomic E-state index is 13.1. The third kappa shape index (κ3) is 2.69. The summed E-state index contributed by atoms with van der Waals surface area (Å²) in [6, 6.07) is 4.22. The molecule has 102 valence electrons. The van der Waals surface area contributed by atoms with Crippen LogP contribution in [0.1, 0.15) is 23.2 Å². The van der Waals surface area contributed by atoms with Crippen LogP contribution in [0.3, 0.4) is 0 Å². The number of alkyl halides is 2. The molecule has 0 amide bonds. The molecule has 1 aromatic rings. The quantitative estimate of drug-likeness (QED) is 0.481. The van der Waals surface area contributed by atoms with E-state index in [4.69, 9.17) is 0 Å².